The van der Waals surface area contributed by atoms with Gasteiger partial charge in [0, 0.05) is 23.7 Å². The Morgan fingerprint density at radius 1 is 1.41 bits per heavy atom. The number of pyridine rings is 1. The molecular formula is C17H20N2O2S. The van der Waals surface area contributed by atoms with Crippen molar-refractivity contribution in [2.45, 2.75) is 39.3 Å². The van der Waals surface area contributed by atoms with Crippen LogP contribution < -0.4 is 5.56 Å². The molecule has 3 rings (SSSR count). The molecule has 116 valence electrons. The Kier molecular flexibility index (Phi) is 4.16. The third kappa shape index (κ3) is 2.73. The third-order valence-corrected chi connectivity index (χ3v) is 5.26. The van der Waals surface area contributed by atoms with Gasteiger partial charge in [0.05, 0.1) is 6.04 Å². The molecule has 1 aliphatic rings. The lowest BCUT2D eigenvalue weighted by Gasteiger charge is -2.35. The van der Waals surface area contributed by atoms with Crippen LogP contribution in [0.15, 0.2) is 34.6 Å². The Balaban J connectivity index is 1.82. The summed E-state index contributed by atoms with van der Waals surface area (Å²) in [5, 5.41) is 2.10. The van der Waals surface area contributed by atoms with E-state index in [1.807, 2.05) is 17.9 Å². The number of amides is 1. The molecule has 0 bridgehead atoms. The first kappa shape index (κ1) is 15.0. The second kappa shape index (κ2) is 6.08. The molecule has 0 N–H and O–H groups in total. The van der Waals surface area contributed by atoms with Crippen LogP contribution in [-0.4, -0.2) is 21.9 Å². The summed E-state index contributed by atoms with van der Waals surface area (Å²) < 4.78 is 1.49. The summed E-state index contributed by atoms with van der Waals surface area (Å²) in [5.41, 5.74) is 2.08. The van der Waals surface area contributed by atoms with Crippen LogP contribution in [0.3, 0.4) is 0 Å². The lowest BCUT2D eigenvalue weighted by molar-refractivity contribution is -0.134. The van der Waals surface area contributed by atoms with E-state index in [-0.39, 0.29) is 24.1 Å². The zero-order chi connectivity index (χ0) is 15.7. The fourth-order valence-electron chi connectivity index (χ4n) is 3.11. The van der Waals surface area contributed by atoms with Crippen molar-refractivity contribution in [3.63, 3.8) is 0 Å². The summed E-state index contributed by atoms with van der Waals surface area (Å²) in [5.74, 6) is 0.0228. The highest BCUT2D eigenvalue weighted by Gasteiger charge is 2.30. The second-order valence-electron chi connectivity index (χ2n) is 5.73. The van der Waals surface area contributed by atoms with Crippen molar-refractivity contribution < 1.29 is 4.79 Å². The van der Waals surface area contributed by atoms with Crippen molar-refractivity contribution in [1.29, 1.82) is 0 Å². The Morgan fingerprint density at radius 2 is 2.23 bits per heavy atom. The summed E-state index contributed by atoms with van der Waals surface area (Å²) in [6.07, 6.45) is 3.52. The van der Waals surface area contributed by atoms with Crippen LogP contribution in [0.4, 0.5) is 0 Å². The molecule has 0 aliphatic carbocycles. The minimum absolute atomic E-state index is 0.0228. The highest BCUT2D eigenvalue weighted by atomic mass is 32.1. The Hall–Kier alpha value is -1.88. The summed E-state index contributed by atoms with van der Waals surface area (Å²) in [6, 6.07) is 5.70. The lowest BCUT2D eigenvalue weighted by Crippen LogP contribution is -2.42. The molecule has 0 aromatic carbocycles. The van der Waals surface area contributed by atoms with Crippen molar-refractivity contribution in [2.24, 2.45) is 0 Å². The molecule has 2 aromatic rings. The van der Waals surface area contributed by atoms with E-state index in [9.17, 15) is 9.59 Å². The van der Waals surface area contributed by atoms with Crippen molar-refractivity contribution in [1.82, 2.24) is 9.47 Å². The first-order chi connectivity index (χ1) is 10.6. The van der Waals surface area contributed by atoms with Gasteiger partial charge in [-0.15, -0.1) is 11.3 Å². The van der Waals surface area contributed by atoms with Gasteiger partial charge in [0.15, 0.2) is 0 Å². The average Bonchev–Trinajstić information content (AvgIpc) is 2.97. The maximum atomic E-state index is 12.7. The molecule has 1 aliphatic heterocycles. The number of thiophene rings is 1. The molecular weight excluding hydrogens is 296 g/mol. The largest absolute Gasteiger partial charge is 0.334 e. The first-order valence-electron chi connectivity index (χ1n) is 7.63. The number of hydrogen-bond acceptors (Lipinski definition) is 3. The minimum Gasteiger partial charge on any atom is -0.334 e. The average molecular weight is 316 g/mol. The van der Waals surface area contributed by atoms with Gasteiger partial charge in [-0.2, -0.15) is 0 Å². The normalized spacial score (nSPS) is 17.4. The number of aryl methyl sites for hydroxylation is 1. The van der Waals surface area contributed by atoms with E-state index < -0.39 is 0 Å². The fourth-order valence-corrected chi connectivity index (χ4v) is 4.04. The quantitative estimate of drug-likeness (QED) is 0.874. The third-order valence-electron chi connectivity index (χ3n) is 4.26. The number of hydrogen-bond donors (Lipinski definition) is 0. The molecule has 0 fully saturated rings. The van der Waals surface area contributed by atoms with E-state index in [1.54, 1.807) is 23.6 Å². The van der Waals surface area contributed by atoms with Crippen LogP contribution in [0.1, 0.15) is 35.4 Å². The zero-order valence-corrected chi connectivity index (χ0v) is 13.7. The molecule has 5 heteroatoms. The smallest absolute Gasteiger partial charge is 0.251 e. The standard InChI is InChI=1S/C17H20N2O2S/c1-3-14-13-6-9-22-15(13)5-8-19(14)17(21)11-18-7-4-12(2)10-16(18)20/h4,6-7,9-10,14H,3,5,8,11H2,1-2H3. The van der Waals surface area contributed by atoms with Gasteiger partial charge < -0.3 is 9.47 Å². The monoisotopic (exact) mass is 316 g/mol. The molecule has 0 saturated carbocycles. The van der Waals surface area contributed by atoms with Gasteiger partial charge in [-0.25, -0.2) is 0 Å². The van der Waals surface area contributed by atoms with E-state index in [0.29, 0.717) is 0 Å². The molecule has 1 unspecified atom stereocenters. The van der Waals surface area contributed by atoms with Gasteiger partial charge in [-0.3, -0.25) is 9.59 Å². The highest BCUT2D eigenvalue weighted by molar-refractivity contribution is 7.10. The number of fused-ring (bicyclic) bond motifs is 1. The van der Waals surface area contributed by atoms with Gasteiger partial charge in [0.2, 0.25) is 5.91 Å². The van der Waals surface area contributed by atoms with Crippen LogP contribution in [0, 0.1) is 6.92 Å². The second-order valence-corrected chi connectivity index (χ2v) is 6.73. The predicted molar refractivity (Wildman–Crippen MR) is 88.2 cm³/mol. The maximum absolute atomic E-state index is 12.7. The summed E-state index contributed by atoms with van der Waals surface area (Å²) in [7, 11) is 0. The molecule has 22 heavy (non-hydrogen) atoms. The highest BCUT2D eigenvalue weighted by Crippen LogP contribution is 2.35. The Morgan fingerprint density at radius 3 is 2.95 bits per heavy atom. The maximum Gasteiger partial charge on any atom is 0.251 e. The van der Waals surface area contributed by atoms with E-state index in [0.717, 1.165) is 24.9 Å². The molecule has 1 atom stereocenters. The van der Waals surface area contributed by atoms with E-state index in [4.69, 9.17) is 0 Å². The van der Waals surface area contributed by atoms with Gasteiger partial charge in [-0.1, -0.05) is 6.92 Å². The number of carbonyl (C=O) groups is 1. The summed E-state index contributed by atoms with van der Waals surface area (Å²) in [4.78, 5) is 28.0. The van der Waals surface area contributed by atoms with E-state index in [1.165, 1.54) is 15.0 Å². The topological polar surface area (TPSA) is 42.3 Å². The number of aromatic nitrogens is 1. The van der Waals surface area contributed by atoms with Crippen molar-refractivity contribution >= 4 is 17.2 Å². The summed E-state index contributed by atoms with van der Waals surface area (Å²) in [6.45, 7) is 4.85. The predicted octanol–water partition coefficient (Wildman–Crippen LogP) is 2.75. The molecule has 0 saturated heterocycles. The molecule has 0 radical (unpaired) electrons. The minimum atomic E-state index is -0.116. The van der Waals surface area contributed by atoms with Gasteiger partial charge >= 0.3 is 0 Å². The zero-order valence-electron chi connectivity index (χ0n) is 12.9. The molecule has 3 heterocycles. The molecule has 4 nitrogen and oxygen atoms in total. The number of rotatable bonds is 3. The van der Waals surface area contributed by atoms with E-state index in [2.05, 4.69) is 18.4 Å². The molecule has 2 aromatic heterocycles. The Bertz CT molecular complexity index is 747. The molecule has 0 spiro atoms. The Labute approximate surface area is 134 Å². The van der Waals surface area contributed by atoms with Gasteiger partial charge in [-0.05, 0) is 48.4 Å². The van der Waals surface area contributed by atoms with Crippen molar-refractivity contribution in [2.75, 3.05) is 6.54 Å². The number of carbonyl (C=O) groups excluding carboxylic acids is 1. The van der Waals surface area contributed by atoms with Crippen LogP contribution in [0.25, 0.3) is 0 Å². The van der Waals surface area contributed by atoms with Crippen LogP contribution >= 0.6 is 11.3 Å². The number of nitrogens with zero attached hydrogens (tertiary/aromatic N) is 2. The van der Waals surface area contributed by atoms with Crippen molar-refractivity contribution in [3.8, 4) is 0 Å². The van der Waals surface area contributed by atoms with Crippen molar-refractivity contribution in [3.05, 3.63) is 56.1 Å². The van der Waals surface area contributed by atoms with E-state index >= 15 is 0 Å². The van der Waals surface area contributed by atoms with Crippen LogP contribution in [-0.2, 0) is 17.8 Å². The molecule has 1 amide bonds. The summed E-state index contributed by atoms with van der Waals surface area (Å²) >= 11 is 1.77. The van der Waals surface area contributed by atoms with Crippen LogP contribution in [0.5, 0.6) is 0 Å². The SMILES string of the molecule is CCC1c2ccsc2CCN1C(=O)Cn1ccc(C)cc1=O. The van der Waals surface area contributed by atoms with Gasteiger partial charge in [0.25, 0.3) is 5.56 Å². The van der Waals surface area contributed by atoms with Gasteiger partial charge in [0.1, 0.15) is 6.54 Å². The lowest BCUT2D eigenvalue weighted by atomic mass is 9.98. The van der Waals surface area contributed by atoms with Crippen LogP contribution in [0.2, 0.25) is 0 Å². The fraction of sp³-hybridized carbons (Fsp3) is 0.412. The first-order valence-corrected chi connectivity index (χ1v) is 8.51.